The van der Waals surface area contributed by atoms with Gasteiger partial charge in [0.15, 0.2) is 0 Å². The summed E-state index contributed by atoms with van der Waals surface area (Å²) < 4.78 is 1.24. The smallest absolute Gasteiger partial charge is 0.298 e. The van der Waals surface area contributed by atoms with E-state index in [-0.39, 0.29) is 11.2 Å². The minimum Gasteiger partial charge on any atom is -0.298 e. The number of hydrogen-bond acceptors (Lipinski definition) is 4. The lowest BCUT2D eigenvalue weighted by Crippen LogP contribution is -2.34. The fraction of sp³-hybridized carbons (Fsp3) is 0.286. The summed E-state index contributed by atoms with van der Waals surface area (Å²) in [6.07, 6.45) is 0. The van der Waals surface area contributed by atoms with Crippen molar-refractivity contribution in [2.45, 2.75) is 27.3 Å². The number of rotatable bonds is 2. The lowest BCUT2D eigenvalue weighted by atomic mass is 10.2. The van der Waals surface area contributed by atoms with E-state index in [1.807, 2.05) is 6.92 Å². The predicted molar refractivity (Wildman–Crippen MR) is 85.2 cm³/mol. The highest BCUT2D eigenvalue weighted by Crippen LogP contribution is 2.38. The first-order chi connectivity index (χ1) is 9.52. The number of nitrogens with one attached hydrogen (secondary N) is 1. The Bertz CT molecular complexity index is 912. The van der Waals surface area contributed by atoms with Crippen molar-refractivity contribution in [3.63, 3.8) is 0 Å². The molecule has 0 aliphatic rings. The van der Waals surface area contributed by atoms with Crippen molar-refractivity contribution in [3.8, 4) is 9.75 Å². The maximum Gasteiger partial charge on any atom is 0.329 e. The average molecular weight is 306 g/mol. The molecule has 0 aliphatic heterocycles. The predicted octanol–water partition coefficient (Wildman–Crippen LogP) is 3.12. The molecular formula is C14H14N2O2S2. The van der Waals surface area contributed by atoms with Gasteiger partial charge in [0.25, 0.3) is 5.56 Å². The molecule has 0 bridgehead atoms. The summed E-state index contributed by atoms with van der Waals surface area (Å²) in [5, 5.41) is 0.637. The highest BCUT2D eigenvalue weighted by atomic mass is 32.1. The number of H-pyrrole nitrogens is 1. The average Bonchev–Trinajstić information content (AvgIpc) is 2.94. The van der Waals surface area contributed by atoms with Crippen LogP contribution in [-0.2, 0) is 6.54 Å². The molecule has 0 fully saturated rings. The highest BCUT2D eigenvalue weighted by molar-refractivity contribution is 7.26. The van der Waals surface area contributed by atoms with Crippen LogP contribution in [0.1, 0.15) is 17.4 Å². The second-order valence-corrected chi connectivity index (χ2v) is 6.96. The van der Waals surface area contributed by atoms with Gasteiger partial charge in [-0.05, 0) is 38.5 Å². The normalized spacial score (nSPS) is 11.3. The number of aromatic amines is 1. The minimum atomic E-state index is -0.333. The number of thiophene rings is 2. The van der Waals surface area contributed by atoms with Gasteiger partial charge in [-0.1, -0.05) is 0 Å². The quantitative estimate of drug-likeness (QED) is 0.791. The second-order valence-electron chi connectivity index (χ2n) is 4.65. The van der Waals surface area contributed by atoms with Crippen molar-refractivity contribution in [3.05, 3.63) is 43.4 Å². The molecule has 0 saturated heterocycles. The van der Waals surface area contributed by atoms with Gasteiger partial charge in [-0.2, -0.15) is 0 Å². The van der Waals surface area contributed by atoms with Gasteiger partial charge in [0.05, 0.1) is 10.3 Å². The van der Waals surface area contributed by atoms with Crippen LogP contribution in [0, 0.1) is 13.8 Å². The Morgan fingerprint density at radius 3 is 2.55 bits per heavy atom. The molecule has 0 spiro atoms. The van der Waals surface area contributed by atoms with Crippen LogP contribution in [-0.4, -0.2) is 9.55 Å². The first-order valence-corrected chi connectivity index (χ1v) is 7.99. The summed E-state index contributed by atoms with van der Waals surface area (Å²) in [7, 11) is 0. The molecule has 6 heteroatoms. The van der Waals surface area contributed by atoms with Gasteiger partial charge in [-0.25, -0.2) is 4.79 Å². The Hall–Kier alpha value is -1.66. The van der Waals surface area contributed by atoms with Crippen LogP contribution < -0.4 is 11.2 Å². The van der Waals surface area contributed by atoms with Crippen LogP contribution in [0.4, 0.5) is 0 Å². The molecule has 104 valence electrons. The van der Waals surface area contributed by atoms with Crippen LogP contribution in [0.25, 0.3) is 20.0 Å². The summed E-state index contributed by atoms with van der Waals surface area (Å²) in [5.74, 6) is 0. The molecule has 0 aromatic carbocycles. The van der Waals surface area contributed by atoms with Gasteiger partial charge < -0.3 is 0 Å². The van der Waals surface area contributed by atoms with E-state index in [0.29, 0.717) is 16.8 Å². The Balaban J connectivity index is 2.39. The number of aryl methyl sites for hydroxylation is 2. The number of aromatic nitrogens is 2. The maximum atomic E-state index is 12.4. The molecule has 3 rings (SSSR count). The zero-order chi connectivity index (χ0) is 14.4. The molecule has 3 aromatic heterocycles. The third-order valence-corrected chi connectivity index (χ3v) is 5.74. The monoisotopic (exact) mass is 306 g/mol. The molecule has 3 heterocycles. The van der Waals surface area contributed by atoms with Gasteiger partial charge in [0.2, 0.25) is 0 Å². The molecule has 0 unspecified atom stereocenters. The summed E-state index contributed by atoms with van der Waals surface area (Å²) >= 11 is 3.18. The summed E-state index contributed by atoms with van der Waals surface area (Å²) in [6, 6.07) is 4.13. The molecule has 0 radical (unpaired) electrons. The summed E-state index contributed by atoms with van der Waals surface area (Å²) in [4.78, 5) is 31.2. The second kappa shape index (κ2) is 4.71. The Labute approximate surface area is 123 Å². The standard InChI is InChI=1S/C14H14N2O2S2/c1-4-16-13(17)10-8(3)11(9-6-5-7(2)19-9)20-12(10)15-14(16)18/h5-6H,4H2,1-3H3,(H,15,18). The van der Waals surface area contributed by atoms with E-state index in [2.05, 4.69) is 24.0 Å². The third-order valence-electron chi connectivity index (χ3n) is 3.35. The fourth-order valence-corrected chi connectivity index (χ4v) is 4.55. The van der Waals surface area contributed by atoms with E-state index in [9.17, 15) is 9.59 Å². The van der Waals surface area contributed by atoms with Crippen molar-refractivity contribution in [1.29, 1.82) is 0 Å². The van der Waals surface area contributed by atoms with E-state index in [1.165, 1.54) is 20.8 Å². The van der Waals surface area contributed by atoms with Gasteiger partial charge in [-0.15, -0.1) is 22.7 Å². The molecule has 0 saturated carbocycles. The fourth-order valence-electron chi connectivity index (χ4n) is 2.33. The van der Waals surface area contributed by atoms with Gasteiger partial charge in [0, 0.05) is 16.3 Å². The van der Waals surface area contributed by atoms with Crippen molar-refractivity contribution >= 4 is 32.9 Å². The van der Waals surface area contributed by atoms with Gasteiger partial charge in [0.1, 0.15) is 4.83 Å². The van der Waals surface area contributed by atoms with Crippen molar-refractivity contribution in [2.24, 2.45) is 0 Å². The Morgan fingerprint density at radius 2 is 1.95 bits per heavy atom. The minimum absolute atomic E-state index is 0.195. The number of hydrogen-bond donors (Lipinski definition) is 1. The Kier molecular flexibility index (Phi) is 3.14. The molecule has 3 aromatic rings. The number of nitrogens with zero attached hydrogens (tertiary/aromatic N) is 1. The van der Waals surface area contributed by atoms with E-state index < -0.39 is 0 Å². The molecule has 4 nitrogen and oxygen atoms in total. The first-order valence-electron chi connectivity index (χ1n) is 6.36. The Morgan fingerprint density at radius 1 is 1.20 bits per heavy atom. The molecule has 0 amide bonds. The first kappa shape index (κ1) is 13.3. The molecule has 0 aliphatic carbocycles. The SMILES string of the molecule is CCn1c(=O)[nH]c2sc(-c3ccc(C)s3)c(C)c2c1=O. The zero-order valence-electron chi connectivity index (χ0n) is 11.4. The maximum absolute atomic E-state index is 12.4. The lowest BCUT2D eigenvalue weighted by molar-refractivity contribution is 0.685. The van der Waals surface area contributed by atoms with E-state index in [1.54, 1.807) is 18.3 Å². The summed E-state index contributed by atoms with van der Waals surface area (Å²) in [6.45, 7) is 6.19. The van der Waals surface area contributed by atoms with Crippen molar-refractivity contribution in [1.82, 2.24) is 9.55 Å². The number of fused-ring (bicyclic) bond motifs is 1. The highest BCUT2D eigenvalue weighted by Gasteiger charge is 2.17. The van der Waals surface area contributed by atoms with E-state index >= 15 is 0 Å². The van der Waals surface area contributed by atoms with E-state index in [4.69, 9.17) is 0 Å². The molecule has 1 N–H and O–H groups in total. The van der Waals surface area contributed by atoms with Crippen LogP contribution in [0.3, 0.4) is 0 Å². The lowest BCUT2D eigenvalue weighted by Gasteiger charge is -2.00. The van der Waals surface area contributed by atoms with Gasteiger partial charge in [-0.3, -0.25) is 14.3 Å². The molecular weight excluding hydrogens is 292 g/mol. The molecule has 20 heavy (non-hydrogen) atoms. The van der Waals surface area contributed by atoms with Crippen LogP contribution in [0.5, 0.6) is 0 Å². The van der Waals surface area contributed by atoms with Crippen LogP contribution in [0.15, 0.2) is 21.7 Å². The van der Waals surface area contributed by atoms with Crippen molar-refractivity contribution in [2.75, 3.05) is 0 Å². The largest absolute Gasteiger partial charge is 0.329 e. The van der Waals surface area contributed by atoms with E-state index in [0.717, 1.165) is 15.3 Å². The zero-order valence-corrected chi connectivity index (χ0v) is 13.1. The third kappa shape index (κ3) is 1.87. The summed E-state index contributed by atoms with van der Waals surface area (Å²) in [5.41, 5.74) is 0.426. The van der Waals surface area contributed by atoms with Gasteiger partial charge >= 0.3 is 5.69 Å². The molecule has 0 atom stereocenters. The van der Waals surface area contributed by atoms with Crippen LogP contribution >= 0.6 is 22.7 Å². The van der Waals surface area contributed by atoms with Crippen molar-refractivity contribution < 1.29 is 0 Å². The van der Waals surface area contributed by atoms with Crippen LogP contribution in [0.2, 0.25) is 0 Å². The topological polar surface area (TPSA) is 54.9 Å².